The molecule has 2 aromatic carbocycles. The van der Waals surface area contributed by atoms with Crippen LogP contribution in [0.3, 0.4) is 0 Å². The number of phenols is 1. The molecule has 0 unspecified atom stereocenters. The molecule has 5 rings (SSSR count). The average molecular weight is 604 g/mol. The second-order valence-electron chi connectivity index (χ2n) is 13.9. The lowest BCUT2D eigenvalue weighted by Gasteiger charge is -2.60. The Kier molecular flexibility index (Phi) is 6.95. The van der Waals surface area contributed by atoms with Crippen LogP contribution in [-0.4, -0.2) is 68.9 Å². The molecule has 11 N–H and O–H groups in total. The van der Waals surface area contributed by atoms with Crippen molar-refractivity contribution >= 4 is 23.2 Å². The van der Waals surface area contributed by atoms with Gasteiger partial charge in [0.15, 0.2) is 11.6 Å². The third-order valence-corrected chi connectivity index (χ3v) is 9.91. The number of hydrogen-bond donors (Lipinski definition) is 7. The maximum atomic E-state index is 14.6. The van der Waals surface area contributed by atoms with Crippen LogP contribution in [0.5, 0.6) is 5.75 Å². The lowest BCUT2D eigenvalue weighted by atomic mass is 9.47. The summed E-state index contributed by atoms with van der Waals surface area (Å²) in [4.78, 5) is 42.1. The van der Waals surface area contributed by atoms with Gasteiger partial charge in [0.05, 0.1) is 28.3 Å². The van der Waals surface area contributed by atoms with Crippen molar-refractivity contribution in [2.45, 2.75) is 69.6 Å². The Bertz CT molecular complexity index is 1700. The Morgan fingerprint density at radius 2 is 1.66 bits per heavy atom. The van der Waals surface area contributed by atoms with Crippen LogP contribution in [0, 0.1) is 5.41 Å². The van der Waals surface area contributed by atoms with E-state index in [4.69, 9.17) is 22.9 Å². The quantitative estimate of drug-likeness (QED) is 0.251. The molecule has 4 atom stereocenters. The van der Waals surface area contributed by atoms with Crippen molar-refractivity contribution in [3.63, 3.8) is 0 Å². The van der Waals surface area contributed by atoms with Crippen LogP contribution in [-0.2, 0) is 32.8 Å². The Morgan fingerprint density at radius 1 is 1.07 bits per heavy atom. The van der Waals surface area contributed by atoms with E-state index in [1.54, 1.807) is 20.2 Å². The summed E-state index contributed by atoms with van der Waals surface area (Å²) in [7, 11) is 3.13. The fourth-order valence-electron chi connectivity index (χ4n) is 7.55. The number of nitrogens with two attached hydrogens (primary N) is 4. The van der Waals surface area contributed by atoms with E-state index in [0.29, 0.717) is 16.7 Å². The highest BCUT2D eigenvalue weighted by molar-refractivity contribution is 6.25. The number of rotatable bonds is 4. The molecule has 11 nitrogen and oxygen atoms in total. The summed E-state index contributed by atoms with van der Waals surface area (Å²) in [6.45, 7) is 7.58. The highest BCUT2D eigenvalue weighted by Gasteiger charge is 2.71. The maximum absolute atomic E-state index is 14.6. The molecular weight excluding hydrogens is 562 g/mol. The Hall–Kier alpha value is -4.03. The molecule has 3 aliphatic rings. The van der Waals surface area contributed by atoms with Crippen LogP contribution in [0.2, 0.25) is 0 Å². The molecule has 1 amide bonds. The molecule has 44 heavy (non-hydrogen) atoms. The number of primary amides is 1. The summed E-state index contributed by atoms with van der Waals surface area (Å²) in [6, 6.07) is 8.37. The summed E-state index contributed by atoms with van der Waals surface area (Å²) < 4.78 is 0. The monoisotopic (exact) mass is 603 g/mol. The van der Waals surface area contributed by atoms with Crippen molar-refractivity contribution in [2.24, 2.45) is 28.3 Å². The number of Topliss-reactive ketones (excluding diaryl/α,β-unsaturated/α-hetero) is 2. The lowest BCUT2D eigenvalue weighted by molar-refractivity contribution is -0.142. The molecule has 11 heteroatoms. The number of aromatic hydroxyl groups is 1. The number of aliphatic hydroxyl groups is 2. The summed E-state index contributed by atoms with van der Waals surface area (Å²) in [5, 5.41) is 34.6. The zero-order valence-electron chi connectivity index (χ0n) is 25.9. The number of carbonyl (C=O) groups excluding carboxylic acids is 3. The van der Waals surface area contributed by atoms with E-state index in [1.807, 2.05) is 24.3 Å². The smallest absolute Gasteiger partial charge is 0.255 e. The molecule has 1 fully saturated rings. The van der Waals surface area contributed by atoms with E-state index in [-0.39, 0.29) is 41.7 Å². The van der Waals surface area contributed by atoms with Crippen molar-refractivity contribution in [3.05, 3.63) is 69.5 Å². The van der Waals surface area contributed by atoms with Crippen molar-refractivity contribution in [3.8, 4) is 16.9 Å². The molecule has 0 aliphatic heterocycles. The lowest BCUT2D eigenvalue weighted by Crippen LogP contribution is -2.79. The third-order valence-electron chi connectivity index (χ3n) is 9.91. The second-order valence-corrected chi connectivity index (χ2v) is 13.9. The summed E-state index contributed by atoms with van der Waals surface area (Å²) in [6.07, 6.45) is -0.285. The van der Waals surface area contributed by atoms with Gasteiger partial charge in [-0.3, -0.25) is 19.3 Å². The molecule has 234 valence electrons. The van der Waals surface area contributed by atoms with Crippen molar-refractivity contribution in [1.29, 1.82) is 0 Å². The van der Waals surface area contributed by atoms with Crippen LogP contribution >= 0.6 is 0 Å². The van der Waals surface area contributed by atoms with E-state index < -0.39 is 57.1 Å². The number of fused-ring (bicyclic) bond motifs is 3. The first-order chi connectivity index (χ1) is 20.3. The number of hydrogen-bond acceptors (Lipinski definition) is 10. The number of likely N-dealkylation sites (N-methyl/N-ethyl adjacent to an activating group) is 1. The highest BCUT2D eigenvalue weighted by atomic mass is 16.3. The van der Waals surface area contributed by atoms with Gasteiger partial charge in [-0.25, -0.2) is 0 Å². The minimum absolute atomic E-state index is 0.00929. The minimum atomic E-state index is -2.07. The van der Waals surface area contributed by atoms with Gasteiger partial charge in [-0.05, 0) is 67.6 Å². The first-order valence-corrected chi connectivity index (χ1v) is 14.5. The standard InChI is InChI=1S/C33H41N5O6/c1-30(2,3)17-9-7-15(8-10-17)18-11-16(13-34)23(39)20-19(18)12-32(36)14-33(37)26(38(5)6)25(41)21(29(35)44)27(42)31(33,4)28(43)22(32)24(20)40/h7-11,26,39-40,42H,12-14,34,36-37H2,1-6H3,(H2,35,44)/t26-,31+,32-,33-/m1/s1. The Balaban J connectivity index is 1.82. The second kappa shape index (κ2) is 9.73. The first kappa shape index (κ1) is 31.4. The van der Waals surface area contributed by atoms with E-state index in [2.05, 4.69) is 20.8 Å². The van der Waals surface area contributed by atoms with Crippen LogP contribution in [0.1, 0.15) is 56.4 Å². The molecule has 0 spiro atoms. The van der Waals surface area contributed by atoms with Gasteiger partial charge in [0, 0.05) is 12.1 Å². The van der Waals surface area contributed by atoms with E-state index >= 15 is 0 Å². The van der Waals surface area contributed by atoms with Crippen molar-refractivity contribution in [1.82, 2.24) is 4.90 Å². The number of carbonyl (C=O) groups is 3. The van der Waals surface area contributed by atoms with Gasteiger partial charge < -0.3 is 38.3 Å². The molecule has 2 aromatic rings. The van der Waals surface area contributed by atoms with Crippen LogP contribution in [0.15, 0.2) is 47.2 Å². The minimum Gasteiger partial charge on any atom is -0.510 e. The molecule has 0 bridgehead atoms. The summed E-state index contributed by atoms with van der Waals surface area (Å²) in [5.74, 6) is -4.65. The van der Waals surface area contributed by atoms with Gasteiger partial charge in [0.2, 0.25) is 0 Å². The zero-order valence-corrected chi connectivity index (χ0v) is 25.9. The fraction of sp³-hybridized carbons (Fsp3) is 0.424. The third kappa shape index (κ3) is 4.00. The molecule has 1 saturated carbocycles. The first-order valence-electron chi connectivity index (χ1n) is 14.5. The SMILES string of the molecule is CN(C)[C@@H]1C(=O)C(C(N)=O)=C(O)[C@@]2(C)C(=O)C3=C(O)c4c(O)c(CN)cc(-c5ccc(C(C)(C)C)cc5)c4C[C@@]3(N)C[C@@]12N. The number of benzene rings is 2. The largest absolute Gasteiger partial charge is 0.510 e. The van der Waals surface area contributed by atoms with E-state index in [9.17, 15) is 29.7 Å². The predicted molar refractivity (Wildman–Crippen MR) is 166 cm³/mol. The number of ketones is 2. The highest BCUT2D eigenvalue weighted by Crippen LogP contribution is 2.59. The Labute approximate surface area is 256 Å². The van der Waals surface area contributed by atoms with Crippen molar-refractivity contribution < 1.29 is 29.7 Å². The van der Waals surface area contributed by atoms with Crippen LogP contribution in [0.25, 0.3) is 16.9 Å². The van der Waals surface area contributed by atoms with Gasteiger partial charge >= 0.3 is 0 Å². The van der Waals surface area contributed by atoms with E-state index in [1.165, 1.54) is 11.8 Å². The average Bonchev–Trinajstić information content (AvgIpc) is 2.90. The molecule has 0 saturated heterocycles. The number of nitrogens with zero attached hydrogens (tertiary/aromatic N) is 1. The number of amides is 1. The van der Waals surface area contributed by atoms with Gasteiger partial charge in [-0.15, -0.1) is 0 Å². The van der Waals surface area contributed by atoms with Gasteiger partial charge in [-0.1, -0.05) is 45.0 Å². The predicted octanol–water partition coefficient (Wildman–Crippen LogP) is 1.83. The fourth-order valence-corrected chi connectivity index (χ4v) is 7.55. The zero-order chi connectivity index (χ0) is 32.9. The van der Waals surface area contributed by atoms with E-state index in [0.717, 1.165) is 11.1 Å². The number of aliphatic hydroxyl groups excluding tert-OH is 2. The van der Waals surface area contributed by atoms with Crippen molar-refractivity contribution in [2.75, 3.05) is 14.1 Å². The normalized spacial score (nSPS) is 28.6. The van der Waals surface area contributed by atoms with Crippen LogP contribution in [0.4, 0.5) is 0 Å². The molecule has 0 heterocycles. The summed E-state index contributed by atoms with van der Waals surface area (Å²) >= 11 is 0. The topological polar surface area (TPSA) is 219 Å². The maximum Gasteiger partial charge on any atom is 0.255 e. The molecular formula is C33H41N5O6. The van der Waals surface area contributed by atoms with Gasteiger partial charge in [-0.2, -0.15) is 0 Å². The Morgan fingerprint density at radius 3 is 2.16 bits per heavy atom. The van der Waals surface area contributed by atoms with Crippen LogP contribution < -0.4 is 22.9 Å². The van der Waals surface area contributed by atoms with Gasteiger partial charge in [0.25, 0.3) is 5.91 Å². The van der Waals surface area contributed by atoms with Gasteiger partial charge in [0.1, 0.15) is 28.3 Å². The molecule has 0 radical (unpaired) electrons. The number of phenolic OH excluding ortho intramolecular Hbond substituents is 1. The molecule has 0 aromatic heterocycles. The molecule has 3 aliphatic carbocycles. The summed E-state index contributed by atoms with van der Waals surface area (Å²) in [5.41, 5.74) is 22.4.